The Bertz CT molecular complexity index is 377. The molecule has 0 aliphatic carbocycles. The van der Waals surface area contributed by atoms with E-state index >= 15 is 0 Å². The van der Waals surface area contributed by atoms with Gasteiger partial charge in [0.15, 0.2) is 5.96 Å². The minimum Gasteiger partial charge on any atom is -0.374 e. The highest BCUT2D eigenvalue weighted by Crippen LogP contribution is 2.07. The average molecular weight is 483 g/mol. The van der Waals surface area contributed by atoms with E-state index in [1.807, 2.05) is 0 Å². The molecule has 0 aromatic heterocycles. The van der Waals surface area contributed by atoms with Crippen LogP contribution in [0.2, 0.25) is 0 Å². The van der Waals surface area contributed by atoms with Crippen molar-refractivity contribution in [1.29, 1.82) is 0 Å². The summed E-state index contributed by atoms with van der Waals surface area (Å²) in [4.78, 5) is 9.70. The number of likely N-dealkylation sites (N-methyl/N-ethyl adjacent to an activating group) is 1. The highest BCUT2D eigenvalue weighted by atomic mass is 127. The van der Waals surface area contributed by atoms with Gasteiger partial charge in [-0.2, -0.15) is 0 Å². The minimum atomic E-state index is 0. The van der Waals surface area contributed by atoms with Crippen molar-refractivity contribution in [1.82, 2.24) is 20.4 Å². The number of nitrogens with zero attached hydrogens (tertiary/aromatic N) is 3. The van der Waals surface area contributed by atoms with E-state index in [-0.39, 0.29) is 30.1 Å². The van der Waals surface area contributed by atoms with Gasteiger partial charge in [-0.15, -0.1) is 24.0 Å². The molecule has 0 saturated carbocycles. The number of guanidine groups is 1. The molecule has 0 radical (unpaired) electrons. The molecule has 2 atom stereocenters. The van der Waals surface area contributed by atoms with Crippen LogP contribution in [0.3, 0.4) is 0 Å². The van der Waals surface area contributed by atoms with Gasteiger partial charge in [-0.3, -0.25) is 14.8 Å². The first kappa shape index (κ1) is 25.9. The van der Waals surface area contributed by atoms with Crippen LogP contribution in [0.25, 0.3) is 0 Å². The van der Waals surface area contributed by atoms with Crippen molar-refractivity contribution < 1.29 is 4.74 Å². The molecule has 0 aromatic rings. The fraction of sp³-hybridized carbons (Fsp3) is 0.947. The van der Waals surface area contributed by atoms with E-state index < -0.39 is 0 Å². The molecule has 1 rings (SSSR count). The molecule has 26 heavy (non-hydrogen) atoms. The first-order valence-corrected chi connectivity index (χ1v) is 10.1. The van der Waals surface area contributed by atoms with E-state index in [0.29, 0.717) is 12.0 Å². The van der Waals surface area contributed by atoms with Crippen LogP contribution in [0.1, 0.15) is 41.5 Å². The fourth-order valence-corrected chi connectivity index (χ4v) is 3.32. The van der Waals surface area contributed by atoms with Gasteiger partial charge in [0.25, 0.3) is 0 Å². The molecule has 0 spiro atoms. The number of morpholine rings is 1. The highest BCUT2D eigenvalue weighted by Gasteiger charge is 2.21. The Hall–Kier alpha value is -0.120. The zero-order valence-electron chi connectivity index (χ0n) is 17.8. The van der Waals surface area contributed by atoms with Crippen LogP contribution in [0.4, 0.5) is 0 Å². The number of halogens is 1. The van der Waals surface area contributed by atoms with Gasteiger partial charge in [-0.05, 0) is 32.9 Å². The van der Waals surface area contributed by atoms with Crippen molar-refractivity contribution in [2.45, 2.75) is 53.7 Å². The molecule has 0 bridgehead atoms. The molecule has 1 aliphatic heterocycles. The van der Waals surface area contributed by atoms with Gasteiger partial charge in [0, 0.05) is 38.8 Å². The largest absolute Gasteiger partial charge is 0.374 e. The Morgan fingerprint density at radius 1 is 1.19 bits per heavy atom. The molecule has 1 saturated heterocycles. The minimum absolute atomic E-state index is 0. The van der Waals surface area contributed by atoms with Crippen LogP contribution in [-0.4, -0.2) is 86.9 Å². The molecule has 7 heteroatoms. The van der Waals surface area contributed by atoms with Crippen molar-refractivity contribution in [2.75, 3.05) is 59.0 Å². The monoisotopic (exact) mass is 483 g/mol. The lowest BCUT2D eigenvalue weighted by atomic mass is 10.2. The summed E-state index contributed by atoms with van der Waals surface area (Å²) in [6.07, 6.45) is 0.233. The number of nitrogens with one attached hydrogen (secondary N) is 2. The van der Waals surface area contributed by atoms with Crippen LogP contribution < -0.4 is 10.6 Å². The van der Waals surface area contributed by atoms with Crippen LogP contribution in [0.5, 0.6) is 0 Å². The molecule has 1 heterocycles. The van der Waals surface area contributed by atoms with Crippen molar-refractivity contribution in [3.05, 3.63) is 0 Å². The zero-order valence-corrected chi connectivity index (χ0v) is 20.1. The maximum absolute atomic E-state index is 5.92. The van der Waals surface area contributed by atoms with Crippen LogP contribution >= 0.6 is 24.0 Å². The standard InChI is InChI=1S/C19H41N5O.HI/c1-7-20-19(21-12-17(6)24(8-2)9-3)22-13-18-15-23(10-11-25-18)14-16(4)5;/h16-18H,7-15H2,1-6H3,(H2,20,21,22);1H. The predicted molar refractivity (Wildman–Crippen MR) is 123 cm³/mol. The third kappa shape index (κ3) is 10.3. The van der Waals surface area contributed by atoms with Crippen molar-refractivity contribution in [3.63, 3.8) is 0 Å². The van der Waals surface area contributed by atoms with E-state index in [2.05, 4.69) is 62.0 Å². The summed E-state index contributed by atoms with van der Waals surface area (Å²) in [6.45, 7) is 21.9. The summed E-state index contributed by atoms with van der Waals surface area (Å²) in [6, 6.07) is 0.456. The Morgan fingerprint density at radius 3 is 2.46 bits per heavy atom. The topological polar surface area (TPSA) is 52.1 Å². The molecule has 6 nitrogen and oxygen atoms in total. The van der Waals surface area contributed by atoms with Gasteiger partial charge in [-0.1, -0.05) is 27.7 Å². The van der Waals surface area contributed by atoms with E-state index in [9.17, 15) is 0 Å². The van der Waals surface area contributed by atoms with Gasteiger partial charge in [0.2, 0.25) is 0 Å². The summed E-state index contributed by atoms with van der Waals surface area (Å²) in [5.41, 5.74) is 0. The lowest BCUT2D eigenvalue weighted by Gasteiger charge is -2.34. The Labute approximate surface area is 178 Å². The Morgan fingerprint density at radius 2 is 1.88 bits per heavy atom. The molecular formula is C19H42IN5O. The second-order valence-electron chi connectivity index (χ2n) is 7.32. The van der Waals surface area contributed by atoms with E-state index in [1.54, 1.807) is 0 Å². The summed E-state index contributed by atoms with van der Waals surface area (Å²) in [5, 5.41) is 6.81. The fourth-order valence-electron chi connectivity index (χ4n) is 3.32. The first-order chi connectivity index (χ1) is 12.0. The number of ether oxygens (including phenoxy) is 1. The Kier molecular flexibility index (Phi) is 14.8. The molecule has 156 valence electrons. The highest BCUT2D eigenvalue weighted by molar-refractivity contribution is 14.0. The van der Waals surface area contributed by atoms with Gasteiger partial charge < -0.3 is 15.4 Å². The molecule has 1 fully saturated rings. The lowest BCUT2D eigenvalue weighted by Crippen LogP contribution is -2.50. The third-order valence-corrected chi connectivity index (χ3v) is 4.64. The molecule has 2 unspecified atom stereocenters. The Balaban J connectivity index is 0.00000625. The van der Waals surface area contributed by atoms with Gasteiger partial charge >= 0.3 is 0 Å². The van der Waals surface area contributed by atoms with Crippen molar-refractivity contribution in [2.24, 2.45) is 10.9 Å². The number of rotatable bonds is 10. The lowest BCUT2D eigenvalue weighted by molar-refractivity contribution is -0.0284. The number of hydrogen-bond donors (Lipinski definition) is 2. The van der Waals surface area contributed by atoms with Crippen molar-refractivity contribution in [3.8, 4) is 0 Å². The van der Waals surface area contributed by atoms with E-state index in [0.717, 1.165) is 64.9 Å². The predicted octanol–water partition coefficient (Wildman–Crippen LogP) is 2.25. The van der Waals surface area contributed by atoms with Crippen LogP contribution in [0.15, 0.2) is 4.99 Å². The normalized spacial score (nSPS) is 20.2. The average Bonchev–Trinajstić information content (AvgIpc) is 2.58. The van der Waals surface area contributed by atoms with Crippen LogP contribution in [0, 0.1) is 5.92 Å². The number of aliphatic imine (C=N–C) groups is 1. The summed E-state index contributed by atoms with van der Waals surface area (Å²) < 4.78 is 5.92. The SMILES string of the molecule is CCNC(=NCC(C)N(CC)CC)NCC1CN(CC(C)C)CCO1.I. The molecule has 0 aromatic carbocycles. The molecule has 2 N–H and O–H groups in total. The van der Waals surface area contributed by atoms with Crippen molar-refractivity contribution >= 4 is 29.9 Å². The number of hydrogen-bond acceptors (Lipinski definition) is 4. The quantitative estimate of drug-likeness (QED) is 0.284. The second kappa shape index (κ2) is 14.9. The zero-order chi connectivity index (χ0) is 18.7. The van der Waals surface area contributed by atoms with Gasteiger partial charge in [0.1, 0.15) is 0 Å². The van der Waals surface area contributed by atoms with E-state index in [1.165, 1.54) is 0 Å². The first-order valence-electron chi connectivity index (χ1n) is 10.1. The maximum atomic E-state index is 5.92. The second-order valence-corrected chi connectivity index (χ2v) is 7.32. The van der Waals surface area contributed by atoms with Crippen LogP contribution in [-0.2, 0) is 4.74 Å². The van der Waals surface area contributed by atoms with Gasteiger partial charge in [0.05, 0.1) is 19.3 Å². The summed E-state index contributed by atoms with van der Waals surface area (Å²) >= 11 is 0. The smallest absolute Gasteiger partial charge is 0.191 e. The third-order valence-electron chi connectivity index (χ3n) is 4.64. The molecule has 1 aliphatic rings. The molecular weight excluding hydrogens is 441 g/mol. The summed E-state index contributed by atoms with van der Waals surface area (Å²) in [5.74, 6) is 1.60. The summed E-state index contributed by atoms with van der Waals surface area (Å²) in [7, 11) is 0. The maximum Gasteiger partial charge on any atom is 0.191 e. The molecule has 0 amide bonds. The van der Waals surface area contributed by atoms with E-state index in [4.69, 9.17) is 9.73 Å². The van der Waals surface area contributed by atoms with Gasteiger partial charge in [-0.25, -0.2) is 0 Å².